The SMILES string of the molecule is C=CC(=O)OC(COc1ccccc1)COc1c2ccccc2cc2ccc(SCC)cc12. The second-order valence-electron chi connectivity index (χ2n) is 7.44. The average Bonchev–Trinajstić information content (AvgIpc) is 2.85. The van der Waals surface area contributed by atoms with Crippen LogP contribution in [-0.4, -0.2) is 31.0 Å². The van der Waals surface area contributed by atoms with E-state index in [1.807, 2.05) is 42.5 Å². The lowest BCUT2D eigenvalue weighted by molar-refractivity contribution is -0.146. The summed E-state index contributed by atoms with van der Waals surface area (Å²) in [5.74, 6) is 1.96. The third-order valence-corrected chi connectivity index (χ3v) is 6.01. The van der Waals surface area contributed by atoms with E-state index in [0.717, 1.165) is 39.1 Å². The van der Waals surface area contributed by atoms with Crippen molar-refractivity contribution in [1.29, 1.82) is 0 Å². The van der Waals surface area contributed by atoms with Gasteiger partial charge in [0.25, 0.3) is 0 Å². The molecule has 0 aliphatic heterocycles. The minimum Gasteiger partial charge on any atom is -0.490 e. The van der Waals surface area contributed by atoms with Crippen LogP contribution in [0.15, 0.2) is 96.4 Å². The molecule has 0 aliphatic rings. The van der Waals surface area contributed by atoms with Gasteiger partial charge >= 0.3 is 5.97 Å². The molecular weight excluding hydrogens is 432 g/mol. The van der Waals surface area contributed by atoms with Crippen LogP contribution < -0.4 is 9.47 Å². The smallest absolute Gasteiger partial charge is 0.330 e. The molecule has 1 atom stereocenters. The number of esters is 1. The molecule has 4 aromatic carbocycles. The van der Waals surface area contributed by atoms with E-state index in [1.165, 1.54) is 4.90 Å². The van der Waals surface area contributed by atoms with Gasteiger partial charge in [0.05, 0.1) is 0 Å². The fourth-order valence-electron chi connectivity index (χ4n) is 3.62. The summed E-state index contributed by atoms with van der Waals surface area (Å²) in [6.07, 6.45) is 0.551. The zero-order valence-electron chi connectivity index (χ0n) is 18.5. The molecule has 33 heavy (non-hydrogen) atoms. The van der Waals surface area contributed by atoms with Crippen molar-refractivity contribution in [2.24, 2.45) is 0 Å². The standard InChI is InChI=1S/C28H26O4S/c1-3-27(29)32-23(18-30-22-11-6-5-7-12-22)19-31-28-25-13-9-8-10-20(25)16-21-14-15-24(33-4-2)17-26(21)28/h3,5-17,23H,1,4,18-19H2,2H3. The van der Waals surface area contributed by atoms with E-state index in [2.05, 4.69) is 49.9 Å². The maximum atomic E-state index is 11.9. The van der Waals surface area contributed by atoms with Crippen LogP contribution in [0.2, 0.25) is 0 Å². The van der Waals surface area contributed by atoms with Crippen LogP contribution in [0.5, 0.6) is 11.5 Å². The molecule has 0 heterocycles. The van der Waals surface area contributed by atoms with Crippen molar-refractivity contribution in [3.05, 3.63) is 91.5 Å². The van der Waals surface area contributed by atoms with Gasteiger partial charge in [-0.05, 0) is 46.9 Å². The van der Waals surface area contributed by atoms with Crippen molar-refractivity contribution in [2.45, 2.75) is 17.9 Å². The van der Waals surface area contributed by atoms with Crippen molar-refractivity contribution >= 4 is 39.3 Å². The molecule has 0 fully saturated rings. The molecule has 0 saturated heterocycles. The van der Waals surface area contributed by atoms with Gasteiger partial charge < -0.3 is 14.2 Å². The van der Waals surface area contributed by atoms with Gasteiger partial charge in [0.2, 0.25) is 0 Å². The minimum atomic E-state index is -0.599. The second kappa shape index (κ2) is 10.9. The first kappa shape index (κ1) is 22.7. The van der Waals surface area contributed by atoms with Crippen LogP contribution in [0.4, 0.5) is 0 Å². The van der Waals surface area contributed by atoms with Crippen molar-refractivity contribution in [1.82, 2.24) is 0 Å². The molecule has 5 heteroatoms. The van der Waals surface area contributed by atoms with E-state index in [9.17, 15) is 4.79 Å². The van der Waals surface area contributed by atoms with Gasteiger partial charge in [-0.3, -0.25) is 0 Å². The molecule has 0 radical (unpaired) electrons. The Kier molecular flexibility index (Phi) is 7.53. The normalized spacial score (nSPS) is 11.8. The summed E-state index contributed by atoms with van der Waals surface area (Å²) < 4.78 is 17.7. The zero-order valence-corrected chi connectivity index (χ0v) is 19.3. The third kappa shape index (κ3) is 5.68. The number of ether oxygens (including phenoxy) is 3. The monoisotopic (exact) mass is 458 g/mol. The lowest BCUT2D eigenvalue weighted by atomic mass is 10.0. The molecule has 4 aromatic rings. The van der Waals surface area contributed by atoms with Gasteiger partial charge in [0.1, 0.15) is 24.7 Å². The first-order valence-electron chi connectivity index (χ1n) is 10.9. The fourth-order valence-corrected chi connectivity index (χ4v) is 4.32. The van der Waals surface area contributed by atoms with Crippen LogP contribution in [0.3, 0.4) is 0 Å². The Morgan fingerprint density at radius 2 is 1.64 bits per heavy atom. The number of hydrogen-bond acceptors (Lipinski definition) is 5. The van der Waals surface area contributed by atoms with Crippen LogP contribution in [0.25, 0.3) is 21.5 Å². The Hall–Kier alpha value is -3.44. The highest BCUT2D eigenvalue weighted by Gasteiger charge is 2.18. The largest absolute Gasteiger partial charge is 0.490 e. The lowest BCUT2D eigenvalue weighted by Crippen LogP contribution is -2.30. The third-order valence-electron chi connectivity index (χ3n) is 5.14. The molecule has 0 aromatic heterocycles. The van der Waals surface area contributed by atoms with Crippen molar-refractivity contribution < 1.29 is 19.0 Å². The molecule has 4 rings (SSSR count). The molecular formula is C28H26O4S. The van der Waals surface area contributed by atoms with Crippen molar-refractivity contribution in [3.63, 3.8) is 0 Å². The highest BCUT2D eigenvalue weighted by atomic mass is 32.2. The highest BCUT2D eigenvalue weighted by Crippen LogP contribution is 2.37. The van der Waals surface area contributed by atoms with E-state index >= 15 is 0 Å². The van der Waals surface area contributed by atoms with E-state index in [4.69, 9.17) is 14.2 Å². The Bertz CT molecular complexity index is 1250. The molecule has 4 nitrogen and oxygen atoms in total. The van der Waals surface area contributed by atoms with Crippen LogP contribution in [-0.2, 0) is 9.53 Å². The molecule has 0 spiro atoms. The molecule has 0 aliphatic carbocycles. The van der Waals surface area contributed by atoms with Crippen LogP contribution >= 0.6 is 11.8 Å². The summed E-state index contributed by atoms with van der Waals surface area (Å²) >= 11 is 1.79. The summed E-state index contributed by atoms with van der Waals surface area (Å²) in [5, 5.41) is 4.24. The second-order valence-corrected chi connectivity index (χ2v) is 8.78. The number of para-hydroxylation sites is 1. The lowest BCUT2D eigenvalue weighted by Gasteiger charge is -2.20. The van der Waals surface area contributed by atoms with Gasteiger partial charge in [0, 0.05) is 21.7 Å². The molecule has 0 N–H and O–H groups in total. The van der Waals surface area contributed by atoms with Crippen molar-refractivity contribution in [2.75, 3.05) is 19.0 Å². The molecule has 0 bridgehead atoms. The topological polar surface area (TPSA) is 44.8 Å². The summed E-state index contributed by atoms with van der Waals surface area (Å²) in [4.78, 5) is 13.1. The summed E-state index contributed by atoms with van der Waals surface area (Å²) in [7, 11) is 0. The molecule has 0 saturated carbocycles. The molecule has 168 valence electrons. The number of fused-ring (bicyclic) bond motifs is 2. The predicted octanol–water partition coefficient (Wildman–Crippen LogP) is 6.66. The zero-order chi connectivity index (χ0) is 23.0. The predicted molar refractivity (Wildman–Crippen MR) is 135 cm³/mol. The molecule has 0 amide bonds. The quantitative estimate of drug-likeness (QED) is 0.115. The maximum absolute atomic E-state index is 11.9. The summed E-state index contributed by atoms with van der Waals surface area (Å²) in [5.41, 5.74) is 0. The van der Waals surface area contributed by atoms with Crippen LogP contribution in [0, 0.1) is 0 Å². The Morgan fingerprint density at radius 1 is 0.909 bits per heavy atom. The van der Waals surface area contributed by atoms with Crippen LogP contribution in [0.1, 0.15) is 6.92 Å². The van der Waals surface area contributed by atoms with Gasteiger partial charge in [-0.2, -0.15) is 0 Å². The Balaban J connectivity index is 1.64. The number of carbonyl (C=O) groups is 1. The first-order valence-corrected chi connectivity index (χ1v) is 11.9. The van der Waals surface area contributed by atoms with E-state index < -0.39 is 12.1 Å². The van der Waals surface area contributed by atoms with Gasteiger partial charge in [0.15, 0.2) is 6.10 Å². The van der Waals surface area contributed by atoms with Gasteiger partial charge in [-0.15, -0.1) is 11.8 Å². The fraction of sp³-hybridized carbons (Fsp3) is 0.179. The summed E-state index contributed by atoms with van der Waals surface area (Å²) in [6.45, 7) is 5.96. The highest BCUT2D eigenvalue weighted by molar-refractivity contribution is 7.99. The number of rotatable bonds is 10. The summed E-state index contributed by atoms with van der Waals surface area (Å²) in [6, 6.07) is 26.2. The van der Waals surface area contributed by atoms with E-state index in [1.54, 1.807) is 11.8 Å². The average molecular weight is 459 g/mol. The van der Waals surface area contributed by atoms with Gasteiger partial charge in [-0.1, -0.05) is 62.0 Å². The minimum absolute atomic E-state index is 0.153. The first-order chi connectivity index (χ1) is 16.2. The number of benzene rings is 4. The van der Waals surface area contributed by atoms with Crippen molar-refractivity contribution in [3.8, 4) is 11.5 Å². The Labute approximate surface area is 198 Å². The molecule has 1 unspecified atom stereocenters. The van der Waals surface area contributed by atoms with E-state index in [0.29, 0.717) is 5.75 Å². The number of carbonyl (C=O) groups excluding carboxylic acids is 1. The van der Waals surface area contributed by atoms with E-state index in [-0.39, 0.29) is 13.2 Å². The number of thioether (sulfide) groups is 1. The maximum Gasteiger partial charge on any atom is 0.330 e. The Morgan fingerprint density at radius 3 is 2.42 bits per heavy atom. The number of hydrogen-bond donors (Lipinski definition) is 0. The van der Waals surface area contributed by atoms with Gasteiger partial charge in [-0.25, -0.2) is 4.79 Å².